The molecule has 0 spiro atoms. The van der Waals surface area contributed by atoms with Gasteiger partial charge < -0.3 is 9.84 Å². The number of benzene rings is 2. The zero-order valence-corrected chi connectivity index (χ0v) is 17.3. The van der Waals surface area contributed by atoms with E-state index in [-0.39, 0.29) is 5.75 Å². The predicted molar refractivity (Wildman–Crippen MR) is 110 cm³/mol. The molecule has 0 saturated carbocycles. The number of nitrogens with zero attached hydrogens (tertiary/aromatic N) is 1. The first-order chi connectivity index (χ1) is 13.9. The topological polar surface area (TPSA) is 42.4 Å². The first-order valence-electron chi connectivity index (χ1n) is 9.52. The minimum absolute atomic E-state index is 0.251. The number of hydrogen-bond acceptors (Lipinski definition) is 3. The Hall–Kier alpha value is -2.86. The molecule has 0 radical (unpaired) electrons. The molecule has 0 fully saturated rings. The standard InChI is InChI=1S/C24H24F3NO2/c1-16-14-20(30-24(25,26)27)11-12-21(16)17-7-9-18(10-8-17)23(29,22(2,3)4)19-6-5-13-28-15-19/h5-15,29H,1-4H3. The molecule has 1 heterocycles. The molecule has 1 aromatic heterocycles. The molecular formula is C24H24F3NO2. The van der Waals surface area contributed by atoms with Crippen LogP contribution in [0.5, 0.6) is 5.75 Å². The van der Waals surface area contributed by atoms with E-state index in [9.17, 15) is 18.3 Å². The number of aromatic nitrogens is 1. The van der Waals surface area contributed by atoms with E-state index in [4.69, 9.17) is 0 Å². The average Bonchev–Trinajstić information content (AvgIpc) is 2.66. The van der Waals surface area contributed by atoms with Crippen molar-refractivity contribution in [1.82, 2.24) is 4.98 Å². The van der Waals surface area contributed by atoms with Gasteiger partial charge in [0, 0.05) is 18.0 Å². The highest BCUT2D eigenvalue weighted by Gasteiger charge is 2.43. The molecule has 3 aromatic rings. The van der Waals surface area contributed by atoms with Crippen LogP contribution in [0.1, 0.15) is 37.5 Å². The highest BCUT2D eigenvalue weighted by molar-refractivity contribution is 5.68. The Morgan fingerprint density at radius 2 is 1.57 bits per heavy atom. The van der Waals surface area contributed by atoms with Gasteiger partial charge in [0.1, 0.15) is 11.4 Å². The fourth-order valence-corrected chi connectivity index (χ4v) is 3.66. The second-order valence-electron chi connectivity index (χ2n) is 8.30. The summed E-state index contributed by atoms with van der Waals surface area (Å²) in [7, 11) is 0. The number of ether oxygens (including phenoxy) is 1. The molecule has 0 aliphatic rings. The smallest absolute Gasteiger partial charge is 0.406 e. The van der Waals surface area contributed by atoms with E-state index in [1.807, 2.05) is 51.1 Å². The Morgan fingerprint density at radius 3 is 2.07 bits per heavy atom. The normalized spacial score (nSPS) is 14.3. The third-order valence-electron chi connectivity index (χ3n) is 5.21. The van der Waals surface area contributed by atoms with Gasteiger partial charge in [-0.1, -0.05) is 57.2 Å². The van der Waals surface area contributed by atoms with Crippen molar-refractivity contribution >= 4 is 0 Å². The Kier molecular flexibility index (Phi) is 5.65. The van der Waals surface area contributed by atoms with E-state index < -0.39 is 17.4 Å². The molecule has 30 heavy (non-hydrogen) atoms. The second-order valence-corrected chi connectivity index (χ2v) is 8.30. The van der Waals surface area contributed by atoms with Gasteiger partial charge >= 0.3 is 6.36 Å². The summed E-state index contributed by atoms with van der Waals surface area (Å²) < 4.78 is 41.3. The van der Waals surface area contributed by atoms with Crippen molar-refractivity contribution < 1.29 is 23.0 Å². The second kappa shape index (κ2) is 7.76. The molecule has 3 nitrogen and oxygen atoms in total. The lowest BCUT2D eigenvalue weighted by Crippen LogP contribution is -2.41. The molecule has 1 atom stereocenters. The molecule has 1 N–H and O–H groups in total. The maximum atomic E-state index is 12.4. The Labute approximate surface area is 174 Å². The summed E-state index contributed by atoms with van der Waals surface area (Å²) in [5.74, 6) is -0.251. The molecular weight excluding hydrogens is 391 g/mol. The monoisotopic (exact) mass is 415 g/mol. The van der Waals surface area contributed by atoms with Crippen molar-refractivity contribution in [3.63, 3.8) is 0 Å². The molecule has 0 amide bonds. The van der Waals surface area contributed by atoms with Gasteiger partial charge in [0.05, 0.1) is 0 Å². The van der Waals surface area contributed by atoms with Crippen LogP contribution in [0, 0.1) is 12.3 Å². The predicted octanol–water partition coefficient (Wildman–Crippen LogP) is 6.24. The quantitative estimate of drug-likeness (QED) is 0.549. The zero-order valence-electron chi connectivity index (χ0n) is 17.3. The number of halogens is 3. The molecule has 6 heteroatoms. The molecule has 0 aliphatic heterocycles. The Balaban J connectivity index is 1.98. The van der Waals surface area contributed by atoms with E-state index in [1.54, 1.807) is 31.5 Å². The lowest BCUT2D eigenvalue weighted by Gasteiger charge is -2.41. The van der Waals surface area contributed by atoms with Crippen LogP contribution in [0.25, 0.3) is 11.1 Å². The van der Waals surface area contributed by atoms with E-state index in [1.165, 1.54) is 12.1 Å². The molecule has 3 rings (SSSR count). The minimum Gasteiger partial charge on any atom is -0.406 e. The SMILES string of the molecule is Cc1cc(OC(F)(F)F)ccc1-c1ccc(C(O)(c2cccnc2)C(C)(C)C)cc1. The molecule has 1 unspecified atom stereocenters. The van der Waals surface area contributed by atoms with Crippen molar-refractivity contribution in [3.8, 4) is 16.9 Å². The van der Waals surface area contributed by atoms with E-state index in [0.717, 1.165) is 11.1 Å². The highest BCUT2D eigenvalue weighted by atomic mass is 19.4. The van der Waals surface area contributed by atoms with Crippen molar-refractivity contribution in [2.24, 2.45) is 5.41 Å². The van der Waals surface area contributed by atoms with Gasteiger partial charge in [0.15, 0.2) is 0 Å². The maximum absolute atomic E-state index is 12.4. The van der Waals surface area contributed by atoms with E-state index in [0.29, 0.717) is 16.7 Å². The summed E-state index contributed by atoms with van der Waals surface area (Å²) in [5.41, 5.74) is 1.90. The van der Waals surface area contributed by atoms with Crippen molar-refractivity contribution in [2.75, 3.05) is 0 Å². The van der Waals surface area contributed by atoms with E-state index in [2.05, 4.69) is 9.72 Å². The zero-order chi connectivity index (χ0) is 22.2. The van der Waals surface area contributed by atoms with Gasteiger partial charge in [-0.2, -0.15) is 0 Å². The summed E-state index contributed by atoms with van der Waals surface area (Å²) in [5, 5.41) is 11.7. The summed E-state index contributed by atoms with van der Waals surface area (Å²) >= 11 is 0. The largest absolute Gasteiger partial charge is 0.573 e. The number of aryl methyl sites for hydroxylation is 1. The highest BCUT2D eigenvalue weighted by Crippen LogP contribution is 2.45. The molecule has 0 bridgehead atoms. The first kappa shape index (κ1) is 21.8. The molecule has 2 aromatic carbocycles. The van der Waals surface area contributed by atoms with Crippen LogP contribution in [-0.2, 0) is 5.60 Å². The minimum atomic E-state index is -4.72. The maximum Gasteiger partial charge on any atom is 0.573 e. The van der Waals surface area contributed by atoms with Crippen LogP contribution in [0.4, 0.5) is 13.2 Å². The Bertz CT molecular complexity index is 1010. The van der Waals surface area contributed by atoms with Crippen LogP contribution in [0.15, 0.2) is 67.0 Å². The number of pyridine rings is 1. The summed E-state index contributed by atoms with van der Waals surface area (Å²) in [6.07, 6.45) is -1.41. The average molecular weight is 415 g/mol. The van der Waals surface area contributed by atoms with E-state index >= 15 is 0 Å². The van der Waals surface area contributed by atoms with Gasteiger partial charge in [-0.15, -0.1) is 13.2 Å². The number of rotatable bonds is 4. The number of alkyl halides is 3. The van der Waals surface area contributed by atoms with Gasteiger partial charge in [0.2, 0.25) is 0 Å². The third kappa shape index (κ3) is 4.33. The van der Waals surface area contributed by atoms with Crippen LogP contribution >= 0.6 is 0 Å². The third-order valence-corrected chi connectivity index (χ3v) is 5.21. The van der Waals surface area contributed by atoms with Crippen LogP contribution in [-0.4, -0.2) is 16.5 Å². The summed E-state index contributed by atoms with van der Waals surface area (Å²) in [4.78, 5) is 4.15. The van der Waals surface area contributed by atoms with Crippen molar-refractivity contribution in [3.05, 3.63) is 83.7 Å². The molecule has 0 saturated heterocycles. The molecule has 158 valence electrons. The first-order valence-corrected chi connectivity index (χ1v) is 9.52. The number of aliphatic hydroxyl groups is 1. The summed E-state index contributed by atoms with van der Waals surface area (Å²) in [6.45, 7) is 7.60. The lowest BCUT2D eigenvalue weighted by atomic mass is 9.68. The Morgan fingerprint density at radius 1 is 0.900 bits per heavy atom. The van der Waals surface area contributed by atoms with Gasteiger partial charge in [0.25, 0.3) is 0 Å². The van der Waals surface area contributed by atoms with Gasteiger partial charge in [-0.05, 0) is 52.8 Å². The van der Waals surface area contributed by atoms with Gasteiger partial charge in [-0.25, -0.2) is 0 Å². The fraction of sp³-hybridized carbons (Fsp3) is 0.292. The summed E-state index contributed by atoms with van der Waals surface area (Å²) in [6, 6.07) is 15.3. The van der Waals surface area contributed by atoms with Crippen LogP contribution in [0.3, 0.4) is 0 Å². The molecule has 0 aliphatic carbocycles. The van der Waals surface area contributed by atoms with Crippen molar-refractivity contribution in [2.45, 2.75) is 39.7 Å². The van der Waals surface area contributed by atoms with Crippen LogP contribution in [0.2, 0.25) is 0 Å². The van der Waals surface area contributed by atoms with Crippen molar-refractivity contribution in [1.29, 1.82) is 0 Å². The lowest BCUT2D eigenvalue weighted by molar-refractivity contribution is -0.274. The fourth-order valence-electron chi connectivity index (χ4n) is 3.66. The van der Waals surface area contributed by atoms with Crippen LogP contribution < -0.4 is 4.74 Å². The van der Waals surface area contributed by atoms with Gasteiger partial charge in [-0.3, -0.25) is 4.98 Å². The number of hydrogen-bond donors (Lipinski definition) is 1.